The van der Waals surface area contributed by atoms with E-state index in [1.165, 1.54) is 12.3 Å². The molecule has 7 nitrogen and oxygen atoms in total. The molecule has 0 aliphatic carbocycles. The molecule has 1 aromatic heterocycles. The first-order valence-electron chi connectivity index (χ1n) is 4.08. The van der Waals surface area contributed by atoms with Crippen molar-refractivity contribution in [2.45, 2.75) is 6.10 Å². The molecule has 0 radical (unpaired) electrons. The van der Waals surface area contributed by atoms with Gasteiger partial charge in [0, 0.05) is 6.20 Å². The number of carbonyl (C=O) groups is 1. The fraction of sp³-hybridized carbons (Fsp3) is 0.250. The van der Waals surface area contributed by atoms with E-state index in [0.29, 0.717) is 0 Å². The zero-order valence-corrected chi connectivity index (χ0v) is 7.71. The molecule has 1 atom stereocenters. The summed E-state index contributed by atoms with van der Waals surface area (Å²) in [7, 11) is 0. The Balaban J connectivity index is 2.58. The number of aromatic nitrogens is 2. The molecule has 0 aliphatic rings. The largest absolute Gasteiger partial charge is 0.381 e. The van der Waals surface area contributed by atoms with Crippen molar-refractivity contribution in [3.63, 3.8) is 0 Å². The molecule has 1 heterocycles. The van der Waals surface area contributed by atoms with Gasteiger partial charge in [0.1, 0.15) is 17.9 Å². The number of rotatable bonds is 4. The number of nitrogens with two attached hydrogens (primary N) is 1. The Morgan fingerprint density at radius 1 is 1.80 bits per heavy atom. The van der Waals surface area contributed by atoms with Gasteiger partial charge in [-0.3, -0.25) is 4.79 Å². The first-order chi connectivity index (χ1) is 7.13. The third kappa shape index (κ3) is 3.21. The Morgan fingerprint density at radius 2 is 2.53 bits per heavy atom. The van der Waals surface area contributed by atoms with Gasteiger partial charge in [0.05, 0.1) is 6.54 Å². The van der Waals surface area contributed by atoms with Crippen LogP contribution in [0.25, 0.3) is 0 Å². The van der Waals surface area contributed by atoms with E-state index < -0.39 is 12.0 Å². The van der Waals surface area contributed by atoms with Gasteiger partial charge >= 0.3 is 0 Å². The molecule has 1 aromatic rings. The Hall–Kier alpha value is -2.20. The number of carbonyl (C=O) groups excluding carboxylic acids is 1. The Kier molecular flexibility index (Phi) is 3.54. The van der Waals surface area contributed by atoms with Crippen molar-refractivity contribution in [2.75, 3.05) is 11.9 Å². The lowest BCUT2D eigenvalue weighted by atomic mass is 10.3. The molecule has 0 aromatic carbocycles. The normalized spacial score (nSPS) is 11.5. The van der Waals surface area contributed by atoms with Gasteiger partial charge in [-0.15, -0.1) is 0 Å². The summed E-state index contributed by atoms with van der Waals surface area (Å²) in [6.45, 7) is -0.0930. The minimum atomic E-state index is -1.31. The minimum absolute atomic E-state index is 0.0930. The minimum Gasteiger partial charge on any atom is -0.381 e. The van der Waals surface area contributed by atoms with E-state index in [0.717, 1.165) is 0 Å². The lowest BCUT2D eigenvalue weighted by Gasteiger charge is -2.07. The molecule has 1 unspecified atom stereocenters. The second kappa shape index (κ2) is 4.88. The predicted molar refractivity (Wildman–Crippen MR) is 50.4 cm³/mol. The number of amides is 1. The Bertz CT molecular complexity index is 400. The lowest BCUT2D eigenvalue weighted by Crippen LogP contribution is -2.34. The number of hydrogen-bond acceptors (Lipinski definition) is 6. The van der Waals surface area contributed by atoms with Gasteiger partial charge in [-0.05, 0) is 6.07 Å². The summed E-state index contributed by atoms with van der Waals surface area (Å²) in [6.07, 6.45) is 0.0872. The van der Waals surface area contributed by atoms with Crippen molar-refractivity contribution in [3.05, 3.63) is 18.0 Å². The monoisotopic (exact) mass is 207 g/mol. The number of primary amides is 1. The first kappa shape index (κ1) is 10.9. The van der Waals surface area contributed by atoms with Crippen LogP contribution in [0.15, 0.2) is 12.3 Å². The van der Waals surface area contributed by atoms with E-state index in [1.54, 1.807) is 0 Å². The van der Waals surface area contributed by atoms with Crippen LogP contribution in [-0.4, -0.2) is 33.6 Å². The third-order valence-electron chi connectivity index (χ3n) is 1.55. The van der Waals surface area contributed by atoms with Crippen molar-refractivity contribution in [2.24, 2.45) is 5.73 Å². The van der Waals surface area contributed by atoms with Crippen LogP contribution in [0.4, 0.5) is 5.95 Å². The van der Waals surface area contributed by atoms with Gasteiger partial charge in [0.2, 0.25) is 11.9 Å². The summed E-state index contributed by atoms with van der Waals surface area (Å²) in [6, 6.07) is 3.27. The molecule has 0 spiro atoms. The van der Waals surface area contributed by atoms with Crippen molar-refractivity contribution < 1.29 is 9.90 Å². The number of nitrogens with one attached hydrogen (secondary N) is 1. The zero-order valence-electron chi connectivity index (χ0n) is 7.71. The van der Waals surface area contributed by atoms with E-state index in [-0.39, 0.29) is 18.2 Å². The second-order valence-corrected chi connectivity index (χ2v) is 2.68. The molecule has 7 heteroatoms. The van der Waals surface area contributed by atoms with Crippen LogP contribution >= 0.6 is 0 Å². The number of aliphatic hydroxyl groups is 1. The number of nitriles is 1. The highest BCUT2D eigenvalue weighted by atomic mass is 16.3. The fourth-order valence-corrected chi connectivity index (χ4v) is 0.795. The van der Waals surface area contributed by atoms with Crippen LogP contribution in [0.5, 0.6) is 0 Å². The molecular weight excluding hydrogens is 198 g/mol. The maximum atomic E-state index is 10.5. The molecule has 1 amide bonds. The summed E-state index contributed by atoms with van der Waals surface area (Å²) in [5.41, 5.74) is 5.03. The molecule has 0 fully saturated rings. The van der Waals surface area contributed by atoms with Gasteiger partial charge < -0.3 is 16.2 Å². The number of nitrogens with zero attached hydrogens (tertiary/aromatic N) is 3. The number of hydrogen-bond donors (Lipinski definition) is 3. The topological polar surface area (TPSA) is 125 Å². The van der Waals surface area contributed by atoms with Gasteiger partial charge in [0.25, 0.3) is 0 Å². The quantitative estimate of drug-likeness (QED) is 0.558. The summed E-state index contributed by atoms with van der Waals surface area (Å²) in [4.78, 5) is 18.0. The van der Waals surface area contributed by atoms with Crippen LogP contribution < -0.4 is 11.1 Å². The van der Waals surface area contributed by atoms with E-state index in [4.69, 9.17) is 16.1 Å². The molecule has 0 bridgehead atoms. The highest BCUT2D eigenvalue weighted by molar-refractivity contribution is 5.79. The van der Waals surface area contributed by atoms with Crippen molar-refractivity contribution in [1.82, 2.24) is 9.97 Å². The average molecular weight is 207 g/mol. The van der Waals surface area contributed by atoms with Gasteiger partial charge in [-0.25, -0.2) is 9.97 Å². The predicted octanol–water partition coefficient (Wildman–Crippen LogP) is -1.39. The smallest absolute Gasteiger partial charge is 0.248 e. The maximum absolute atomic E-state index is 10.5. The summed E-state index contributed by atoms with van der Waals surface area (Å²) in [5, 5.41) is 20.2. The van der Waals surface area contributed by atoms with Crippen LogP contribution in [0, 0.1) is 11.3 Å². The first-order valence-corrected chi connectivity index (χ1v) is 4.08. The molecule has 4 N–H and O–H groups in total. The van der Waals surface area contributed by atoms with E-state index in [9.17, 15) is 4.79 Å². The lowest BCUT2D eigenvalue weighted by molar-refractivity contribution is -0.125. The SMILES string of the molecule is N#Cc1ccnc(NCC(O)C(N)=O)n1. The fourth-order valence-electron chi connectivity index (χ4n) is 0.795. The Morgan fingerprint density at radius 3 is 3.13 bits per heavy atom. The van der Waals surface area contributed by atoms with Crippen LogP contribution in [-0.2, 0) is 4.79 Å². The van der Waals surface area contributed by atoms with Crippen molar-refractivity contribution in [1.29, 1.82) is 5.26 Å². The van der Waals surface area contributed by atoms with Gasteiger partial charge in [0.15, 0.2) is 0 Å². The van der Waals surface area contributed by atoms with Crippen molar-refractivity contribution >= 4 is 11.9 Å². The van der Waals surface area contributed by atoms with E-state index in [2.05, 4.69) is 15.3 Å². The summed E-state index contributed by atoms with van der Waals surface area (Å²) in [5.74, 6) is -0.673. The zero-order chi connectivity index (χ0) is 11.3. The molecule has 0 saturated heterocycles. The summed E-state index contributed by atoms with van der Waals surface area (Å²) >= 11 is 0. The highest BCUT2D eigenvalue weighted by Crippen LogP contribution is 1.98. The van der Waals surface area contributed by atoms with Crippen molar-refractivity contribution in [3.8, 4) is 6.07 Å². The summed E-state index contributed by atoms with van der Waals surface area (Å²) < 4.78 is 0. The van der Waals surface area contributed by atoms with E-state index >= 15 is 0 Å². The Labute approximate surface area is 85.6 Å². The molecular formula is C8H9N5O2. The van der Waals surface area contributed by atoms with Crippen LogP contribution in [0.1, 0.15) is 5.69 Å². The molecule has 0 aliphatic heterocycles. The molecule has 0 saturated carbocycles. The van der Waals surface area contributed by atoms with Crippen LogP contribution in [0.2, 0.25) is 0 Å². The molecule has 1 rings (SSSR count). The van der Waals surface area contributed by atoms with Crippen LogP contribution in [0.3, 0.4) is 0 Å². The number of aliphatic hydroxyl groups excluding tert-OH is 1. The maximum Gasteiger partial charge on any atom is 0.248 e. The molecule has 15 heavy (non-hydrogen) atoms. The standard InChI is InChI=1S/C8H9N5O2/c9-3-5-1-2-11-8(13-5)12-4-6(14)7(10)15/h1-2,6,14H,4H2,(H2,10,15)(H,11,12,13). The third-order valence-corrected chi connectivity index (χ3v) is 1.55. The average Bonchev–Trinajstić information content (AvgIpc) is 2.26. The van der Waals surface area contributed by atoms with Gasteiger partial charge in [-0.2, -0.15) is 5.26 Å². The van der Waals surface area contributed by atoms with Gasteiger partial charge in [-0.1, -0.05) is 0 Å². The second-order valence-electron chi connectivity index (χ2n) is 2.68. The van der Waals surface area contributed by atoms with E-state index in [1.807, 2.05) is 6.07 Å². The molecule has 78 valence electrons. The highest BCUT2D eigenvalue weighted by Gasteiger charge is 2.10. The number of anilines is 1.